The number of nitrogens with zero attached hydrogens (tertiary/aromatic N) is 2. The van der Waals surface area contributed by atoms with Crippen molar-refractivity contribution in [1.29, 1.82) is 0 Å². The summed E-state index contributed by atoms with van der Waals surface area (Å²) in [6, 6.07) is 2.04. The maximum Gasteiger partial charge on any atom is 0.260 e. The van der Waals surface area contributed by atoms with E-state index in [1.54, 1.807) is 15.6 Å². The Morgan fingerprint density at radius 1 is 1.50 bits per heavy atom. The third kappa shape index (κ3) is 2.51. The monoisotopic (exact) mass is 312 g/mol. The van der Waals surface area contributed by atoms with Crippen molar-refractivity contribution in [3.8, 4) is 0 Å². The predicted octanol–water partition coefficient (Wildman–Crippen LogP) is 1.28. The molecule has 0 radical (unpaired) electrons. The van der Waals surface area contributed by atoms with E-state index in [9.17, 15) is 8.42 Å². The molecule has 6 nitrogen and oxygen atoms in total. The number of hydrogen-bond acceptors (Lipinski definition) is 5. The first-order valence-corrected chi connectivity index (χ1v) is 8.76. The SMILES string of the molecule is NCc1cn[nH]c1S(=O)(=O)N(Cc1ccsc1)C1CC1. The molecular formula is C12H16N4O2S2. The Labute approximate surface area is 121 Å². The summed E-state index contributed by atoms with van der Waals surface area (Å²) in [6.07, 6.45) is 3.30. The minimum absolute atomic E-state index is 0.0915. The predicted molar refractivity (Wildman–Crippen MR) is 76.5 cm³/mol. The van der Waals surface area contributed by atoms with Crippen molar-refractivity contribution in [2.24, 2.45) is 5.73 Å². The zero-order chi connectivity index (χ0) is 14.2. The number of nitrogens with two attached hydrogens (primary N) is 1. The van der Waals surface area contributed by atoms with E-state index in [0.29, 0.717) is 12.1 Å². The van der Waals surface area contributed by atoms with Crippen molar-refractivity contribution in [1.82, 2.24) is 14.5 Å². The van der Waals surface area contributed by atoms with E-state index in [-0.39, 0.29) is 17.6 Å². The van der Waals surface area contributed by atoms with Crippen molar-refractivity contribution in [2.75, 3.05) is 0 Å². The highest BCUT2D eigenvalue weighted by atomic mass is 32.2. The van der Waals surface area contributed by atoms with E-state index in [1.165, 1.54) is 6.20 Å². The number of aromatic amines is 1. The maximum atomic E-state index is 12.8. The molecule has 108 valence electrons. The van der Waals surface area contributed by atoms with Crippen LogP contribution in [0.15, 0.2) is 28.0 Å². The van der Waals surface area contributed by atoms with Gasteiger partial charge in [0.1, 0.15) is 0 Å². The zero-order valence-corrected chi connectivity index (χ0v) is 12.5. The van der Waals surface area contributed by atoms with Gasteiger partial charge < -0.3 is 5.73 Å². The largest absolute Gasteiger partial charge is 0.326 e. The Hall–Kier alpha value is -1.22. The van der Waals surface area contributed by atoms with Crippen molar-refractivity contribution in [3.63, 3.8) is 0 Å². The van der Waals surface area contributed by atoms with Crippen molar-refractivity contribution >= 4 is 21.4 Å². The van der Waals surface area contributed by atoms with Crippen LogP contribution in [0.5, 0.6) is 0 Å². The van der Waals surface area contributed by atoms with Gasteiger partial charge in [0.2, 0.25) is 0 Å². The van der Waals surface area contributed by atoms with Crippen molar-refractivity contribution < 1.29 is 8.42 Å². The number of thiophene rings is 1. The van der Waals surface area contributed by atoms with Crippen molar-refractivity contribution in [3.05, 3.63) is 34.2 Å². The quantitative estimate of drug-likeness (QED) is 0.840. The molecule has 3 rings (SSSR count). The molecule has 1 fully saturated rings. The highest BCUT2D eigenvalue weighted by Gasteiger charge is 2.39. The molecule has 0 saturated heterocycles. The summed E-state index contributed by atoms with van der Waals surface area (Å²) in [5.74, 6) is 0. The number of rotatable bonds is 6. The van der Waals surface area contributed by atoms with Gasteiger partial charge in [-0.25, -0.2) is 8.42 Å². The molecule has 1 saturated carbocycles. The lowest BCUT2D eigenvalue weighted by atomic mass is 10.3. The van der Waals surface area contributed by atoms with Crippen LogP contribution in [0.2, 0.25) is 0 Å². The van der Waals surface area contributed by atoms with Gasteiger partial charge in [-0.15, -0.1) is 0 Å². The lowest BCUT2D eigenvalue weighted by Gasteiger charge is -2.21. The molecule has 2 aromatic heterocycles. The Morgan fingerprint density at radius 2 is 2.30 bits per heavy atom. The van der Waals surface area contributed by atoms with E-state index in [2.05, 4.69) is 10.2 Å². The summed E-state index contributed by atoms with van der Waals surface area (Å²) >= 11 is 1.57. The molecule has 1 aliphatic carbocycles. The molecular weight excluding hydrogens is 296 g/mol. The minimum Gasteiger partial charge on any atom is -0.326 e. The number of aromatic nitrogens is 2. The van der Waals surface area contributed by atoms with E-state index >= 15 is 0 Å². The van der Waals surface area contributed by atoms with Gasteiger partial charge in [-0.3, -0.25) is 5.10 Å². The molecule has 8 heteroatoms. The van der Waals surface area contributed by atoms with E-state index in [0.717, 1.165) is 18.4 Å². The van der Waals surface area contributed by atoms with E-state index in [1.807, 2.05) is 16.8 Å². The summed E-state index contributed by atoms with van der Waals surface area (Å²) < 4.78 is 27.1. The van der Waals surface area contributed by atoms with Gasteiger partial charge in [0, 0.05) is 24.7 Å². The first kappa shape index (κ1) is 13.7. The summed E-state index contributed by atoms with van der Waals surface area (Å²) in [5, 5.41) is 10.4. The van der Waals surface area contributed by atoms with Gasteiger partial charge in [-0.05, 0) is 35.2 Å². The molecule has 0 aromatic carbocycles. The first-order chi connectivity index (χ1) is 9.63. The Balaban J connectivity index is 1.94. The van der Waals surface area contributed by atoms with Crippen LogP contribution in [0, 0.1) is 0 Å². The van der Waals surface area contributed by atoms with Crippen LogP contribution in [-0.2, 0) is 23.1 Å². The third-order valence-corrected chi connectivity index (χ3v) is 5.98. The van der Waals surface area contributed by atoms with Crippen LogP contribution in [-0.4, -0.2) is 29.0 Å². The van der Waals surface area contributed by atoms with Crippen LogP contribution in [0.25, 0.3) is 0 Å². The van der Waals surface area contributed by atoms with Gasteiger partial charge in [-0.1, -0.05) is 0 Å². The number of H-pyrrole nitrogens is 1. The molecule has 0 spiro atoms. The zero-order valence-electron chi connectivity index (χ0n) is 10.8. The van der Waals surface area contributed by atoms with E-state index < -0.39 is 10.0 Å². The normalized spacial score (nSPS) is 15.9. The van der Waals surface area contributed by atoms with Crippen LogP contribution >= 0.6 is 11.3 Å². The van der Waals surface area contributed by atoms with Crippen molar-refractivity contribution in [2.45, 2.75) is 37.0 Å². The maximum absolute atomic E-state index is 12.8. The fraction of sp³-hybridized carbons (Fsp3) is 0.417. The second kappa shape index (κ2) is 5.28. The average Bonchev–Trinajstić information content (AvgIpc) is 2.95. The number of hydrogen-bond donors (Lipinski definition) is 2. The molecule has 2 aromatic rings. The molecule has 0 unspecified atom stereocenters. The number of nitrogens with one attached hydrogen (secondary N) is 1. The second-order valence-electron chi connectivity index (χ2n) is 4.84. The molecule has 0 bridgehead atoms. The number of sulfonamides is 1. The standard InChI is InChI=1S/C12H16N4O2S2/c13-5-10-6-14-15-12(10)20(17,18)16(11-1-2-11)7-9-3-4-19-8-9/h3-4,6,8,11H,1-2,5,7,13H2,(H,14,15). The Kier molecular flexibility index (Phi) is 3.63. The summed E-state index contributed by atoms with van der Waals surface area (Å²) in [4.78, 5) is 0. The lowest BCUT2D eigenvalue weighted by Crippen LogP contribution is -2.33. The molecule has 3 N–H and O–H groups in total. The molecule has 0 amide bonds. The van der Waals surface area contributed by atoms with E-state index in [4.69, 9.17) is 5.73 Å². The smallest absolute Gasteiger partial charge is 0.260 e. The van der Waals surface area contributed by atoms with Gasteiger partial charge >= 0.3 is 0 Å². The molecule has 20 heavy (non-hydrogen) atoms. The van der Waals surface area contributed by atoms with Gasteiger partial charge in [0.05, 0.1) is 6.20 Å². The first-order valence-electron chi connectivity index (χ1n) is 6.38. The van der Waals surface area contributed by atoms with Crippen LogP contribution in [0.4, 0.5) is 0 Å². The topological polar surface area (TPSA) is 92.1 Å². The molecule has 0 atom stereocenters. The molecule has 0 aliphatic heterocycles. The van der Waals surface area contributed by atoms with Crippen LogP contribution < -0.4 is 5.73 Å². The Bertz CT molecular complexity index is 674. The van der Waals surface area contributed by atoms with Gasteiger partial charge in [0.15, 0.2) is 5.03 Å². The third-order valence-electron chi connectivity index (χ3n) is 3.34. The van der Waals surface area contributed by atoms with Crippen LogP contribution in [0.3, 0.4) is 0 Å². The van der Waals surface area contributed by atoms with Crippen LogP contribution in [0.1, 0.15) is 24.0 Å². The minimum atomic E-state index is -3.57. The summed E-state index contributed by atoms with van der Waals surface area (Å²) in [7, 11) is -3.57. The lowest BCUT2D eigenvalue weighted by molar-refractivity contribution is 0.396. The second-order valence-corrected chi connectivity index (χ2v) is 7.45. The summed E-state index contributed by atoms with van der Waals surface area (Å²) in [6.45, 7) is 0.557. The summed E-state index contributed by atoms with van der Waals surface area (Å²) in [5.41, 5.74) is 7.12. The fourth-order valence-electron chi connectivity index (χ4n) is 2.12. The van der Waals surface area contributed by atoms with Gasteiger partial charge in [0.25, 0.3) is 10.0 Å². The molecule has 1 aliphatic rings. The Morgan fingerprint density at radius 3 is 2.90 bits per heavy atom. The fourth-order valence-corrected chi connectivity index (χ4v) is 4.57. The average molecular weight is 312 g/mol. The van der Waals surface area contributed by atoms with Gasteiger partial charge in [-0.2, -0.15) is 20.7 Å². The molecule has 2 heterocycles. The highest BCUT2D eigenvalue weighted by molar-refractivity contribution is 7.89. The highest BCUT2D eigenvalue weighted by Crippen LogP contribution is 2.34.